The zero-order chi connectivity index (χ0) is 13.8. The lowest BCUT2D eigenvalue weighted by atomic mass is 10.1. The van der Waals surface area contributed by atoms with Gasteiger partial charge < -0.3 is 10.5 Å². The first-order valence-electron chi connectivity index (χ1n) is 6.17. The van der Waals surface area contributed by atoms with Crippen molar-refractivity contribution in [2.75, 3.05) is 0 Å². The van der Waals surface area contributed by atoms with Crippen LogP contribution in [0.5, 0.6) is 5.75 Å². The molecule has 0 amide bonds. The summed E-state index contributed by atoms with van der Waals surface area (Å²) in [4.78, 5) is 4.26. The van der Waals surface area contributed by atoms with Crippen molar-refractivity contribution in [1.82, 2.24) is 4.98 Å². The molecular formula is C15H17FN2O. The monoisotopic (exact) mass is 260 g/mol. The Morgan fingerprint density at radius 3 is 2.63 bits per heavy atom. The molecule has 1 aromatic carbocycles. The molecule has 0 aliphatic carbocycles. The van der Waals surface area contributed by atoms with E-state index in [-0.39, 0.29) is 18.0 Å². The smallest absolute Gasteiger partial charge is 0.155 e. The van der Waals surface area contributed by atoms with Crippen molar-refractivity contribution in [2.24, 2.45) is 5.73 Å². The predicted molar refractivity (Wildman–Crippen MR) is 72.4 cm³/mol. The zero-order valence-corrected chi connectivity index (χ0v) is 11.0. The van der Waals surface area contributed by atoms with Crippen LogP contribution in [0.2, 0.25) is 0 Å². The van der Waals surface area contributed by atoms with Gasteiger partial charge in [-0.2, -0.15) is 0 Å². The second kappa shape index (κ2) is 5.80. The Balaban J connectivity index is 2.24. The minimum Gasteiger partial charge on any atom is -0.482 e. The first kappa shape index (κ1) is 13.5. The van der Waals surface area contributed by atoms with Crippen LogP contribution in [0.4, 0.5) is 4.39 Å². The number of pyridine rings is 1. The predicted octanol–water partition coefficient (Wildman–Crippen LogP) is 3.00. The average molecular weight is 260 g/mol. The molecule has 2 rings (SSSR count). The molecule has 0 saturated heterocycles. The van der Waals surface area contributed by atoms with Gasteiger partial charge in [-0.15, -0.1) is 0 Å². The van der Waals surface area contributed by atoms with E-state index in [9.17, 15) is 4.39 Å². The molecule has 0 fully saturated rings. The molecule has 0 spiro atoms. The molecule has 100 valence electrons. The van der Waals surface area contributed by atoms with Crippen LogP contribution in [0, 0.1) is 12.7 Å². The number of nitrogens with two attached hydrogens (primary N) is 1. The van der Waals surface area contributed by atoms with E-state index in [0.29, 0.717) is 11.3 Å². The molecule has 4 heteroatoms. The molecule has 3 nitrogen and oxygen atoms in total. The van der Waals surface area contributed by atoms with Crippen LogP contribution in [0.25, 0.3) is 0 Å². The number of halogens is 1. The third-order valence-corrected chi connectivity index (χ3v) is 2.85. The van der Waals surface area contributed by atoms with Crippen molar-refractivity contribution in [3.05, 3.63) is 59.7 Å². The lowest BCUT2D eigenvalue weighted by molar-refractivity contribution is 0.175. The second-order valence-electron chi connectivity index (χ2n) is 4.56. The van der Waals surface area contributed by atoms with Crippen molar-refractivity contribution in [1.29, 1.82) is 0 Å². The maximum absolute atomic E-state index is 13.2. The van der Waals surface area contributed by atoms with Crippen LogP contribution in [0.3, 0.4) is 0 Å². The van der Waals surface area contributed by atoms with Crippen molar-refractivity contribution in [2.45, 2.75) is 26.0 Å². The third kappa shape index (κ3) is 3.29. The summed E-state index contributed by atoms with van der Waals surface area (Å²) < 4.78 is 19.1. The highest BCUT2D eigenvalue weighted by atomic mass is 19.1. The fourth-order valence-electron chi connectivity index (χ4n) is 1.82. The number of hydrogen-bond acceptors (Lipinski definition) is 3. The molecule has 1 heterocycles. The van der Waals surface area contributed by atoms with E-state index in [1.807, 2.05) is 25.1 Å². The summed E-state index contributed by atoms with van der Waals surface area (Å²) in [5, 5.41) is 0. The summed E-state index contributed by atoms with van der Waals surface area (Å²) in [6.07, 6.45) is 1.34. The van der Waals surface area contributed by atoms with Gasteiger partial charge in [-0.1, -0.05) is 6.07 Å². The van der Waals surface area contributed by atoms with Gasteiger partial charge in [0.15, 0.2) is 6.10 Å². The highest BCUT2D eigenvalue weighted by Crippen LogP contribution is 2.24. The molecule has 0 aliphatic heterocycles. The van der Waals surface area contributed by atoms with E-state index in [1.54, 1.807) is 25.3 Å². The molecule has 2 atom stereocenters. The van der Waals surface area contributed by atoms with Crippen LogP contribution in [-0.2, 0) is 0 Å². The van der Waals surface area contributed by atoms with Crippen molar-refractivity contribution in [3.63, 3.8) is 0 Å². The Hall–Kier alpha value is -1.94. The number of nitrogens with zero attached hydrogens (tertiary/aromatic N) is 1. The van der Waals surface area contributed by atoms with Crippen molar-refractivity contribution < 1.29 is 9.13 Å². The summed E-state index contributed by atoms with van der Waals surface area (Å²) in [6, 6.07) is 10.0. The van der Waals surface area contributed by atoms with E-state index >= 15 is 0 Å². The fourth-order valence-corrected chi connectivity index (χ4v) is 1.82. The molecule has 0 saturated carbocycles. The maximum atomic E-state index is 13.2. The van der Waals surface area contributed by atoms with Gasteiger partial charge >= 0.3 is 0 Å². The molecule has 2 aromatic rings. The van der Waals surface area contributed by atoms with E-state index in [2.05, 4.69) is 4.98 Å². The maximum Gasteiger partial charge on any atom is 0.155 e. The molecule has 2 N–H and O–H groups in total. The van der Waals surface area contributed by atoms with E-state index < -0.39 is 0 Å². The lowest BCUT2D eigenvalue weighted by Gasteiger charge is -2.22. The first-order valence-corrected chi connectivity index (χ1v) is 6.17. The lowest BCUT2D eigenvalue weighted by Crippen LogP contribution is -2.29. The Kier molecular flexibility index (Phi) is 4.12. The summed E-state index contributed by atoms with van der Waals surface area (Å²) in [5.41, 5.74) is 7.25. The Bertz CT molecular complexity index is 543. The van der Waals surface area contributed by atoms with Gasteiger partial charge in [0.2, 0.25) is 0 Å². The first-order chi connectivity index (χ1) is 9.08. The Labute approximate surface area is 112 Å². The number of ether oxygens (including phenoxy) is 1. The summed E-state index contributed by atoms with van der Waals surface area (Å²) in [5.74, 6) is 0.342. The molecule has 19 heavy (non-hydrogen) atoms. The van der Waals surface area contributed by atoms with Crippen LogP contribution in [-0.4, -0.2) is 11.0 Å². The molecule has 0 bridgehead atoms. The normalized spacial score (nSPS) is 13.9. The third-order valence-electron chi connectivity index (χ3n) is 2.85. The second-order valence-corrected chi connectivity index (χ2v) is 4.56. The molecule has 1 aromatic heterocycles. The summed E-state index contributed by atoms with van der Waals surface area (Å²) in [7, 11) is 0. The van der Waals surface area contributed by atoms with Gasteiger partial charge in [-0.05, 0) is 49.7 Å². The van der Waals surface area contributed by atoms with E-state index in [1.165, 1.54) is 6.07 Å². The van der Waals surface area contributed by atoms with E-state index in [0.717, 1.165) is 5.69 Å². The summed E-state index contributed by atoms with van der Waals surface area (Å²) >= 11 is 0. The quantitative estimate of drug-likeness (QED) is 0.919. The largest absolute Gasteiger partial charge is 0.482 e. The minimum absolute atomic E-state index is 0.222. The van der Waals surface area contributed by atoms with Gasteiger partial charge in [-0.3, -0.25) is 4.98 Å². The zero-order valence-electron chi connectivity index (χ0n) is 11.0. The highest BCUT2D eigenvalue weighted by Gasteiger charge is 2.19. The average Bonchev–Trinajstić information content (AvgIpc) is 2.40. The van der Waals surface area contributed by atoms with Gasteiger partial charge in [0, 0.05) is 12.2 Å². The number of hydrogen-bond donors (Lipinski definition) is 1. The Morgan fingerprint density at radius 1 is 1.26 bits per heavy atom. The minimum atomic E-state index is -0.355. The van der Waals surface area contributed by atoms with Gasteiger partial charge in [0.05, 0.1) is 5.69 Å². The van der Waals surface area contributed by atoms with Crippen LogP contribution in [0.1, 0.15) is 24.3 Å². The summed E-state index contributed by atoms with van der Waals surface area (Å²) in [6.45, 7) is 3.56. The van der Waals surface area contributed by atoms with E-state index in [4.69, 9.17) is 10.5 Å². The van der Waals surface area contributed by atoms with Crippen LogP contribution < -0.4 is 10.5 Å². The van der Waals surface area contributed by atoms with Gasteiger partial charge in [-0.25, -0.2) is 4.39 Å². The van der Waals surface area contributed by atoms with Crippen molar-refractivity contribution >= 4 is 0 Å². The SMILES string of the molecule is Cc1cc(OC(c2ccccn2)C(C)N)ccc1F. The number of rotatable bonds is 4. The fraction of sp³-hybridized carbons (Fsp3) is 0.267. The highest BCUT2D eigenvalue weighted by molar-refractivity contribution is 5.29. The van der Waals surface area contributed by atoms with Crippen LogP contribution in [0.15, 0.2) is 42.6 Å². The van der Waals surface area contributed by atoms with Crippen LogP contribution >= 0.6 is 0 Å². The number of aromatic nitrogens is 1. The van der Waals surface area contributed by atoms with Gasteiger partial charge in [0.25, 0.3) is 0 Å². The molecule has 0 radical (unpaired) electrons. The van der Waals surface area contributed by atoms with Crippen molar-refractivity contribution in [3.8, 4) is 5.75 Å². The number of aryl methyl sites for hydroxylation is 1. The topological polar surface area (TPSA) is 48.1 Å². The number of benzene rings is 1. The molecule has 0 aliphatic rings. The molecular weight excluding hydrogens is 243 g/mol. The standard InChI is InChI=1S/C15H17FN2O/c1-10-9-12(6-7-13(10)16)19-15(11(2)17)14-5-3-4-8-18-14/h3-9,11,15H,17H2,1-2H3. The van der Waals surface area contributed by atoms with Gasteiger partial charge in [0.1, 0.15) is 11.6 Å². The molecule has 2 unspecified atom stereocenters. The Morgan fingerprint density at radius 2 is 2.05 bits per heavy atom.